The predicted molar refractivity (Wildman–Crippen MR) is 82.2 cm³/mol. The zero-order valence-corrected chi connectivity index (χ0v) is 12.1. The Hall–Kier alpha value is -3.02. The summed E-state index contributed by atoms with van der Waals surface area (Å²) in [5.41, 5.74) is 2.89. The van der Waals surface area contributed by atoms with Crippen molar-refractivity contribution in [1.29, 1.82) is 0 Å². The van der Waals surface area contributed by atoms with Crippen molar-refractivity contribution in [2.24, 2.45) is 0 Å². The van der Waals surface area contributed by atoms with Crippen molar-refractivity contribution in [2.45, 2.75) is 13.5 Å². The van der Waals surface area contributed by atoms with Gasteiger partial charge in [0.2, 0.25) is 0 Å². The van der Waals surface area contributed by atoms with E-state index < -0.39 is 0 Å². The normalized spacial score (nSPS) is 9.68. The summed E-state index contributed by atoms with van der Waals surface area (Å²) in [5.74, 6) is 0.870. The molecule has 0 atom stereocenters. The highest BCUT2D eigenvalue weighted by Crippen LogP contribution is 2.16. The number of hydrogen-bond acceptors (Lipinski definition) is 4. The second-order valence-corrected chi connectivity index (χ2v) is 4.47. The maximum absolute atomic E-state index is 8.36. The van der Waals surface area contributed by atoms with Crippen molar-refractivity contribution >= 4 is 6.47 Å². The van der Waals surface area contributed by atoms with E-state index >= 15 is 0 Å². The van der Waals surface area contributed by atoms with Crippen LogP contribution in [-0.4, -0.2) is 31.1 Å². The van der Waals surface area contributed by atoms with Crippen molar-refractivity contribution in [2.75, 3.05) is 0 Å². The first kappa shape index (κ1) is 15.4. The van der Waals surface area contributed by atoms with Crippen molar-refractivity contribution in [3.63, 3.8) is 0 Å². The van der Waals surface area contributed by atoms with Gasteiger partial charge < -0.3 is 9.67 Å². The van der Waals surface area contributed by atoms with Gasteiger partial charge in [0, 0.05) is 24.3 Å². The maximum atomic E-state index is 8.36. The predicted octanol–water partition coefficient (Wildman–Crippen LogP) is 2.40. The third kappa shape index (κ3) is 3.99. The fraction of sp³-hybridized carbons (Fsp3) is 0.125. The van der Waals surface area contributed by atoms with Crippen LogP contribution in [0.1, 0.15) is 11.4 Å². The third-order valence-electron chi connectivity index (χ3n) is 2.89. The highest BCUT2D eigenvalue weighted by atomic mass is 16.3. The summed E-state index contributed by atoms with van der Waals surface area (Å²) in [6.45, 7) is 2.43. The van der Waals surface area contributed by atoms with E-state index in [0.29, 0.717) is 6.54 Å². The molecule has 3 heterocycles. The van der Waals surface area contributed by atoms with Gasteiger partial charge in [0.15, 0.2) is 5.82 Å². The number of carboxylic acid groups (broad SMARTS) is 1. The fourth-order valence-electron chi connectivity index (χ4n) is 2.00. The molecule has 0 saturated heterocycles. The molecular weight excluding hydrogens is 280 g/mol. The van der Waals surface area contributed by atoms with E-state index in [-0.39, 0.29) is 6.47 Å². The largest absolute Gasteiger partial charge is 0.483 e. The first-order chi connectivity index (χ1) is 10.7. The van der Waals surface area contributed by atoms with Gasteiger partial charge in [0.1, 0.15) is 5.69 Å². The minimum absolute atomic E-state index is 0.250. The quantitative estimate of drug-likeness (QED) is 0.751. The third-order valence-corrected chi connectivity index (χ3v) is 2.89. The molecule has 0 aliphatic rings. The first-order valence-electron chi connectivity index (χ1n) is 6.67. The Bertz CT molecular complexity index is 726. The van der Waals surface area contributed by atoms with E-state index in [4.69, 9.17) is 9.90 Å². The van der Waals surface area contributed by atoms with Crippen molar-refractivity contribution in [1.82, 2.24) is 19.5 Å². The highest BCUT2D eigenvalue weighted by molar-refractivity contribution is 5.50. The molecule has 0 bridgehead atoms. The molecule has 22 heavy (non-hydrogen) atoms. The van der Waals surface area contributed by atoms with Crippen molar-refractivity contribution in [3.8, 4) is 11.5 Å². The molecule has 0 aromatic carbocycles. The van der Waals surface area contributed by atoms with Crippen LogP contribution >= 0.6 is 0 Å². The summed E-state index contributed by atoms with van der Waals surface area (Å²) in [5, 5.41) is 6.89. The van der Waals surface area contributed by atoms with Crippen LogP contribution in [0.4, 0.5) is 0 Å². The fourth-order valence-corrected chi connectivity index (χ4v) is 2.00. The van der Waals surface area contributed by atoms with Crippen LogP contribution in [0.15, 0.2) is 55.0 Å². The summed E-state index contributed by atoms with van der Waals surface area (Å²) in [6, 6.07) is 11.9. The molecular formula is C16H16N4O2. The molecule has 3 aromatic heterocycles. The molecule has 112 valence electrons. The Morgan fingerprint density at radius 3 is 2.64 bits per heavy atom. The van der Waals surface area contributed by atoms with E-state index in [2.05, 4.69) is 19.5 Å². The standard InChI is InChI=1S/C15H14N4.CH2O2/c1-12-5-4-7-14(18-12)15-17-9-10-19(15)11-13-6-2-3-8-16-13;2-1-3/h2-10H,11H2,1H3;1H,(H,2,3). The van der Waals surface area contributed by atoms with E-state index in [9.17, 15) is 0 Å². The molecule has 0 saturated carbocycles. The van der Waals surface area contributed by atoms with E-state index in [1.807, 2.05) is 49.5 Å². The molecule has 0 fully saturated rings. The molecule has 0 radical (unpaired) electrons. The van der Waals surface area contributed by atoms with Gasteiger partial charge >= 0.3 is 0 Å². The lowest BCUT2D eigenvalue weighted by atomic mass is 10.3. The van der Waals surface area contributed by atoms with Crippen molar-refractivity contribution < 1.29 is 9.90 Å². The van der Waals surface area contributed by atoms with E-state index in [0.717, 1.165) is 22.9 Å². The number of hydrogen-bond donors (Lipinski definition) is 1. The Labute approximate surface area is 128 Å². The van der Waals surface area contributed by atoms with Gasteiger partial charge in [0.05, 0.1) is 12.2 Å². The zero-order chi connectivity index (χ0) is 15.8. The lowest BCUT2D eigenvalue weighted by molar-refractivity contribution is -0.122. The van der Waals surface area contributed by atoms with Crippen molar-refractivity contribution in [3.05, 3.63) is 66.4 Å². The molecule has 6 heteroatoms. The summed E-state index contributed by atoms with van der Waals surface area (Å²) in [7, 11) is 0. The minimum Gasteiger partial charge on any atom is -0.483 e. The van der Waals surface area contributed by atoms with Crippen LogP contribution in [0.5, 0.6) is 0 Å². The van der Waals surface area contributed by atoms with E-state index in [1.165, 1.54) is 0 Å². The number of aryl methyl sites for hydroxylation is 1. The molecule has 3 rings (SSSR count). The van der Waals surface area contributed by atoms with Gasteiger partial charge in [-0.2, -0.15) is 0 Å². The van der Waals surface area contributed by atoms with Crippen LogP contribution in [0.2, 0.25) is 0 Å². The molecule has 6 nitrogen and oxygen atoms in total. The Morgan fingerprint density at radius 1 is 1.14 bits per heavy atom. The number of rotatable bonds is 3. The molecule has 1 N–H and O–H groups in total. The summed E-state index contributed by atoms with van der Waals surface area (Å²) < 4.78 is 2.06. The van der Waals surface area contributed by atoms with Crippen LogP contribution < -0.4 is 0 Å². The lowest BCUT2D eigenvalue weighted by Gasteiger charge is -2.07. The van der Waals surface area contributed by atoms with Crippen LogP contribution in [0.25, 0.3) is 11.5 Å². The summed E-state index contributed by atoms with van der Waals surface area (Å²) in [6.07, 6.45) is 5.55. The molecule has 0 unspecified atom stereocenters. The van der Waals surface area contributed by atoms with Gasteiger partial charge in [-0.3, -0.25) is 9.78 Å². The molecule has 3 aromatic rings. The number of imidazole rings is 1. The van der Waals surface area contributed by atoms with Gasteiger partial charge in [-0.05, 0) is 31.2 Å². The smallest absolute Gasteiger partial charge is 0.290 e. The van der Waals surface area contributed by atoms with Gasteiger partial charge in [-0.25, -0.2) is 9.97 Å². The number of carbonyl (C=O) groups is 1. The minimum atomic E-state index is -0.250. The SMILES string of the molecule is Cc1cccc(-c2nccn2Cc2ccccn2)n1.O=CO. The average molecular weight is 296 g/mol. The topological polar surface area (TPSA) is 80.9 Å². The van der Waals surface area contributed by atoms with Gasteiger partial charge in [-0.15, -0.1) is 0 Å². The van der Waals surface area contributed by atoms with Crippen LogP contribution in [0, 0.1) is 6.92 Å². The van der Waals surface area contributed by atoms with E-state index in [1.54, 1.807) is 12.4 Å². The maximum Gasteiger partial charge on any atom is 0.290 e. The monoisotopic (exact) mass is 296 g/mol. The van der Waals surface area contributed by atoms with Gasteiger partial charge in [-0.1, -0.05) is 12.1 Å². The number of aromatic nitrogens is 4. The Balaban J connectivity index is 0.000000545. The van der Waals surface area contributed by atoms with Gasteiger partial charge in [0.25, 0.3) is 6.47 Å². The Kier molecular flexibility index (Phi) is 5.37. The summed E-state index contributed by atoms with van der Waals surface area (Å²) in [4.78, 5) is 21.6. The molecule has 0 aliphatic carbocycles. The second-order valence-electron chi connectivity index (χ2n) is 4.47. The molecule has 0 spiro atoms. The second kappa shape index (κ2) is 7.68. The zero-order valence-electron chi connectivity index (χ0n) is 12.1. The molecule has 0 amide bonds. The first-order valence-corrected chi connectivity index (χ1v) is 6.67. The number of nitrogens with zero attached hydrogens (tertiary/aromatic N) is 4. The van der Waals surface area contributed by atoms with Crippen LogP contribution in [-0.2, 0) is 11.3 Å². The Morgan fingerprint density at radius 2 is 1.95 bits per heavy atom. The lowest BCUT2D eigenvalue weighted by Crippen LogP contribution is -2.03. The molecule has 0 aliphatic heterocycles. The highest BCUT2D eigenvalue weighted by Gasteiger charge is 2.08. The average Bonchev–Trinajstić information content (AvgIpc) is 2.97. The van der Waals surface area contributed by atoms with Crippen LogP contribution in [0.3, 0.4) is 0 Å². The summed E-state index contributed by atoms with van der Waals surface area (Å²) >= 11 is 0. The number of pyridine rings is 2.